The topological polar surface area (TPSA) is 76.4 Å². The van der Waals surface area contributed by atoms with E-state index in [0.717, 1.165) is 23.2 Å². The molecule has 0 saturated heterocycles. The van der Waals surface area contributed by atoms with Gasteiger partial charge in [-0.3, -0.25) is 4.79 Å². The summed E-state index contributed by atoms with van der Waals surface area (Å²) >= 11 is 0. The Morgan fingerprint density at radius 1 is 1.44 bits per heavy atom. The predicted octanol–water partition coefficient (Wildman–Crippen LogP) is 2.58. The number of fused-ring (bicyclic) bond motifs is 1. The van der Waals surface area contributed by atoms with E-state index in [9.17, 15) is 4.79 Å². The van der Waals surface area contributed by atoms with Gasteiger partial charge in [-0.2, -0.15) is 0 Å². The highest BCUT2D eigenvalue weighted by Gasteiger charge is 2.43. The van der Waals surface area contributed by atoms with Crippen molar-refractivity contribution >= 4 is 23.4 Å². The summed E-state index contributed by atoms with van der Waals surface area (Å²) in [6.07, 6.45) is 6.48. The smallest absolute Gasteiger partial charge is 0.224 e. The third kappa shape index (κ3) is 3.61. The average Bonchev–Trinajstić information content (AvgIpc) is 3.41. The van der Waals surface area contributed by atoms with E-state index in [1.165, 1.54) is 24.6 Å². The summed E-state index contributed by atoms with van der Waals surface area (Å²) in [7, 11) is 0. The van der Waals surface area contributed by atoms with Crippen molar-refractivity contribution in [3.63, 3.8) is 0 Å². The number of benzene rings is 1. The van der Waals surface area contributed by atoms with E-state index in [1.54, 1.807) is 13.1 Å². The van der Waals surface area contributed by atoms with Gasteiger partial charge in [0.25, 0.3) is 0 Å². The van der Waals surface area contributed by atoms with Crippen LogP contribution in [0.15, 0.2) is 24.4 Å². The van der Waals surface area contributed by atoms with Crippen LogP contribution in [0.3, 0.4) is 0 Å². The minimum absolute atomic E-state index is 0.0552. The minimum Gasteiger partial charge on any atom is -0.395 e. The Kier molecular flexibility index (Phi) is 5.23. The molecular weight excluding hydrogens is 314 g/mol. The van der Waals surface area contributed by atoms with Gasteiger partial charge in [0.05, 0.1) is 6.61 Å². The molecule has 0 aromatic heterocycles. The molecule has 5 heteroatoms. The first kappa shape index (κ1) is 17.7. The zero-order chi connectivity index (χ0) is 18.0. The Balaban J connectivity index is 1.94. The maximum Gasteiger partial charge on any atom is 0.224 e. The standard InChI is InChI=1S/C20H27N3O2/c1-13-9-17-10-16(18(11-21)12-22-7-8-24)5-6-19(17)23(14(2)25)20(13)15-3-4-15/h5-6,10-13,15,20-22,24H,3-4,7-9H2,1-2H3/b18-12+,21-11?/t13-,20-/m1/s1. The normalized spacial score (nSPS) is 23.2. The van der Waals surface area contributed by atoms with Crippen molar-refractivity contribution in [2.45, 2.75) is 39.2 Å². The summed E-state index contributed by atoms with van der Waals surface area (Å²) in [6.45, 7) is 4.41. The molecule has 1 heterocycles. The number of rotatable bonds is 6. The molecule has 0 unspecified atom stereocenters. The van der Waals surface area contributed by atoms with Gasteiger partial charge in [-0.25, -0.2) is 0 Å². The first-order valence-electron chi connectivity index (χ1n) is 9.04. The number of carbonyl (C=O) groups excluding carboxylic acids is 1. The number of aliphatic hydroxyl groups is 1. The van der Waals surface area contributed by atoms with E-state index < -0.39 is 0 Å². The lowest BCUT2D eigenvalue weighted by Crippen LogP contribution is -2.48. The second-order valence-corrected chi connectivity index (χ2v) is 7.16. The number of carbonyl (C=O) groups is 1. The quantitative estimate of drug-likeness (QED) is 0.550. The number of hydrogen-bond acceptors (Lipinski definition) is 4. The van der Waals surface area contributed by atoms with Crippen molar-refractivity contribution < 1.29 is 9.90 Å². The van der Waals surface area contributed by atoms with Crippen LogP contribution < -0.4 is 10.2 Å². The molecule has 1 aromatic carbocycles. The van der Waals surface area contributed by atoms with Crippen LogP contribution in [0.1, 0.15) is 37.8 Å². The molecule has 5 nitrogen and oxygen atoms in total. The van der Waals surface area contributed by atoms with Gasteiger partial charge in [0.15, 0.2) is 0 Å². The van der Waals surface area contributed by atoms with E-state index in [1.807, 2.05) is 17.0 Å². The lowest BCUT2D eigenvalue weighted by atomic mass is 9.83. The van der Waals surface area contributed by atoms with Crippen molar-refractivity contribution in [1.29, 1.82) is 5.41 Å². The van der Waals surface area contributed by atoms with Crippen LogP contribution >= 0.6 is 0 Å². The zero-order valence-electron chi connectivity index (χ0n) is 15.0. The molecular formula is C20H27N3O2. The minimum atomic E-state index is 0.0552. The van der Waals surface area contributed by atoms with Gasteiger partial charge >= 0.3 is 0 Å². The molecule has 3 rings (SSSR count). The van der Waals surface area contributed by atoms with Crippen LogP contribution in [0, 0.1) is 17.2 Å². The first-order valence-corrected chi connectivity index (χ1v) is 9.04. The molecule has 2 aliphatic rings. The summed E-state index contributed by atoms with van der Waals surface area (Å²) in [6, 6.07) is 6.42. The summed E-state index contributed by atoms with van der Waals surface area (Å²) in [5, 5.41) is 19.5. The van der Waals surface area contributed by atoms with Crippen molar-refractivity contribution in [3.8, 4) is 0 Å². The number of hydrogen-bond donors (Lipinski definition) is 3. The fraction of sp³-hybridized carbons (Fsp3) is 0.500. The maximum atomic E-state index is 12.3. The van der Waals surface area contributed by atoms with Crippen LogP contribution in [-0.2, 0) is 11.2 Å². The van der Waals surface area contributed by atoms with E-state index in [-0.39, 0.29) is 12.5 Å². The molecule has 25 heavy (non-hydrogen) atoms. The number of nitrogens with one attached hydrogen (secondary N) is 2. The predicted molar refractivity (Wildman–Crippen MR) is 101 cm³/mol. The highest BCUT2D eigenvalue weighted by molar-refractivity contribution is 6.08. The fourth-order valence-electron chi connectivity index (χ4n) is 3.99. The molecule has 0 spiro atoms. The summed E-state index contributed by atoms with van der Waals surface area (Å²) in [5.41, 5.74) is 3.92. The van der Waals surface area contributed by atoms with Crippen LogP contribution in [0.4, 0.5) is 5.69 Å². The van der Waals surface area contributed by atoms with Crippen LogP contribution in [0.2, 0.25) is 0 Å². The fourth-order valence-corrected chi connectivity index (χ4v) is 3.99. The molecule has 1 aliphatic heterocycles. The Hall–Kier alpha value is -2.14. The molecule has 0 radical (unpaired) electrons. The van der Waals surface area contributed by atoms with Gasteiger partial charge in [-0.15, -0.1) is 0 Å². The molecule has 1 fully saturated rings. The Labute approximate surface area is 149 Å². The van der Waals surface area contributed by atoms with Gasteiger partial charge in [-0.1, -0.05) is 13.0 Å². The number of amides is 1. The molecule has 3 N–H and O–H groups in total. The van der Waals surface area contributed by atoms with E-state index in [0.29, 0.717) is 24.4 Å². The molecule has 0 bridgehead atoms. The van der Waals surface area contributed by atoms with Gasteiger partial charge in [0.2, 0.25) is 5.91 Å². The Bertz CT molecular complexity index is 694. The van der Waals surface area contributed by atoms with E-state index in [2.05, 4.69) is 18.3 Å². The largest absolute Gasteiger partial charge is 0.395 e. The number of nitrogens with zero attached hydrogens (tertiary/aromatic N) is 1. The van der Waals surface area contributed by atoms with Gasteiger partial charge in [0.1, 0.15) is 0 Å². The average molecular weight is 341 g/mol. The number of aliphatic hydroxyl groups excluding tert-OH is 1. The second kappa shape index (κ2) is 7.40. The van der Waals surface area contributed by atoms with Crippen LogP contribution in [-0.4, -0.2) is 36.4 Å². The second-order valence-electron chi connectivity index (χ2n) is 7.16. The first-order chi connectivity index (χ1) is 12.1. The molecule has 134 valence electrons. The van der Waals surface area contributed by atoms with Crippen LogP contribution in [0.25, 0.3) is 5.57 Å². The van der Waals surface area contributed by atoms with Crippen LogP contribution in [0.5, 0.6) is 0 Å². The number of allylic oxidation sites excluding steroid dienone is 1. The summed E-state index contributed by atoms with van der Waals surface area (Å²) in [4.78, 5) is 14.3. The Morgan fingerprint density at radius 2 is 2.20 bits per heavy atom. The molecule has 1 saturated carbocycles. The molecule has 1 amide bonds. The van der Waals surface area contributed by atoms with E-state index in [4.69, 9.17) is 10.5 Å². The zero-order valence-corrected chi connectivity index (χ0v) is 15.0. The highest BCUT2D eigenvalue weighted by atomic mass is 16.3. The Morgan fingerprint density at radius 3 is 2.80 bits per heavy atom. The van der Waals surface area contributed by atoms with Crippen molar-refractivity contribution in [1.82, 2.24) is 5.32 Å². The van der Waals surface area contributed by atoms with Crippen molar-refractivity contribution in [2.75, 3.05) is 18.1 Å². The third-order valence-corrected chi connectivity index (χ3v) is 5.21. The van der Waals surface area contributed by atoms with Gasteiger partial charge in [-0.05, 0) is 54.4 Å². The summed E-state index contributed by atoms with van der Waals surface area (Å²) < 4.78 is 0. The monoisotopic (exact) mass is 341 g/mol. The molecule has 2 atom stereocenters. The molecule has 1 aromatic rings. The molecule has 1 aliphatic carbocycles. The number of anilines is 1. The third-order valence-electron chi connectivity index (χ3n) is 5.21. The maximum absolute atomic E-state index is 12.3. The van der Waals surface area contributed by atoms with E-state index >= 15 is 0 Å². The van der Waals surface area contributed by atoms with Gasteiger partial charge in [0, 0.05) is 43.2 Å². The summed E-state index contributed by atoms with van der Waals surface area (Å²) in [5.74, 6) is 1.20. The lowest BCUT2D eigenvalue weighted by Gasteiger charge is -2.41. The van der Waals surface area contributed by atoms with Gasteiger partial charge < -0.3 is 20.7 Å². The van der Waals surface area contributed by atoms with Crippen molar-refractivity contribution in [2.24, 2.45) is 11.8 Å². The SMILES string of the molecule is CC(=O)N1c2ccc(/C(C=N)=C/NCCO)cc2C[C@@H](C)[C@@H]1C1CC1. The lowest BCUT2D eigenvalue weighted by molar-refractivity contribution is -0.117. The highest BCUT2D eigenvalue weighted by Crippen LogP contribution is 2.45. The van der Waals surface area contributed by atoms with Crippen molar-refractivity contribution in [3.05, 3.63) is 35.5 Å².